The van der Waals surface area contributed by atoms with E-state index in [9.17, 15) is 4.79 Å². The quantitative estimate of drug-likeness (QED) is 0.541. The van der Waals surface area contributed by atoms with Crippen molar-refractivity contribution >= 4 is 28.1 Å². The summed E-state index contributed by atoms with van der Waals surface area (Å²) >= 11 is 1.57. The lowest BCUT2D eigenvalue weighted by Gasteiger charge is -2.32. The third kappa shape index (κ3) is 3.68. The highest BCUT2D eigenvalue weighted by molar-refractivity contribution is 7.13. The van der Waals surface area contributed by atoms with Gasteiger partial charge in [0.2, 0.25) is 5.91 Å². The lowest BCUT2D eigenvalue weighted by Crippen LogP contribution is -2.38. The predicted octanol–water partition coefficient (Wildman–Crippen LogP) is 4.64. The summed E-state index contributed by atoms with van der Waals surface area (Å²) in [6.07, 6.45) is 8.08. The van der Waals surface area contributed by atoms with E-state index in [1.807, 2.05) is 22.4 Å². The highest BCUT2D eigenvalue weighted by Gasteiger charge is 2.25. The van der Waals surface area contributed by atoms with Crippen LogP contribution < -0.4 is 0 Å². The van der Waals surface area contributed by atoms with Gasteiger partial charge in [-0.15, -0.1) is 11.3 Å². The molecule has 1 fully saturated rings. The molecule has 5 rings (SSSR count). The number of amides is 1. The van der Waals surface area contributed by atoms with E-state index in [-0.39, 0.29) is 5.91 Å². The molecule has 1 aromatic carbocycles. The molecular formula is C23H22N4OS. The van der Waals surface area contributed by atoms with E-state index in [0.717, 1.165) is 42.2 Å². The second-order valence-electron chi connectivity index (χ2n) is 7.51. The Hall–Kier alpha value is -2.99. The Kier molecular flexibility index (Phi) is 4.86. The number of para-hydroxylation sites is 1. The number of rotatable bonds is 4. The number of aromatic amines is 1. The normalized spacial score (nSPS) is 15.1. The number of nitrogens with zero attached hydrogens (tertiary/aromatic N) is 3. The number of carbonyl (C=O) groups excluding carboxylic acids is 1. The maximum atomic E-state index is 12.8. The molecule has 0 aliphatic carbocycles. The number of hydrogen-bond acceptors (Lipinski definition) is 4. The summed E-state index contributed by atoms with van der Waals surface area (Å²) in [5.74, 6) is 0.678. The molecule has 4 aromatic rings. The van der Waals surface area contributed by atoms with Crippen molar-refractivity contribution in [1.82, 2.24) is 19.9 Å². The molecule has 29 heavy (non-hydrogen) atoms. The third-order valence-electron chi connectivity index (χ3n) is 5.70. The number of hydrogen-bond donors (Lipinski definition) is 1. The van der Waals surface area contributed by atoms with Gasteiger partial charge in [-0.05, 0) is 42.5 Å². The number of likely N-dealkylation sites (tertiary alicyclic amines) is 1. The van der Waals surface area contributed by atoms with Crippen molar-refractivity contribution in [2.75, 3.05) is 13.1 Å². The Balaban J connectivity index is 1.21. The molecule has 0 bridgehead atoms. The van der Waals surface area contributed by atoms with Crippen LogP contribution >= 0.6 is 11.3 Å². The van der Waals surface area contributed by atoms with Crippen molar-refractivity contribution in [3.63, 3.8) is 0 Å². The summed E-state index contributed by atoms with van der Waals surface area (Å²) in [5, 5.41) is 4.21. The molecule has 1 aliphatic rings. The van der Waals surface area contributed by atoms with Crippen LogP contribution in [0.3, 0.4) is 0 Å². The first-order valence-electron chi connectivity index (χ1n) is 9.96. The van der Waals surface area contributed by atoms with Crippen LogP contribution in [0, 0.1) is 0 Å². The Morgan fingerprint density at radius 3 is 2.86 bits per heavy atom. The minimum absolute atomic E-state index is 0.172. The van der Waals surface area contributed by atoms with Crippen molar-refractivity contribution < 1.29 is 4.79 Å². The van der Waals surface area contributed by atoms with Gasteiger partial charge < -0.3 is 9.88 Å². The molecule has 1 saturated heterocycles. The van der Waals surface area contributed by atoms with Gasteiger partial charge in [-0.25, -0.2) is 4.98 Å². The van der Waals surface area contributed by atoms with Gasteiger partial charge in [0.15, 0.2) is 0 Å². The number of piperidine rings is 1. The molecule has 1 N–H and O–H groups in total. The van der Waals surface area contributed by atoms with Gasteiger partial charge in [-0.2, -0.15) is 0 Å². The highest BCUT2D eigenvalue weighted by Crippen LogP contribution is 2.33. The number of benzene rings is 1. The van der Waals surface area contributed by atoms with E-state index >= 15 is 0 Å². The summed E-state index contributed by atoms with van der Waals surface area (Å²) in [7, 11) is 0. The Bertz CT molecular complexity index is 1130. The molecule has 1 aliphatic heterocycles. The van der Waals surface area contributed by atoms with E-state index in [1.54, 1.807) is 23.7 Å². The van der Waals surface area contributed by atoms with Crippen LogP contribution in [-0.2, 0) is 11.2 Å². The number of H-pyrrole nitrogens is 1. The lowest BCUT2D eigenvalue weighted by molar-refractivity contribution is -0.131. The van der Waals surface area contributed by atoms with Gasteiger partial charge >= 0.3 is 0 Å². The standard InChI is InChI=1S/C23H22N4OS/c28-22(12-18-15-29-23(26-18)17-4-3-9-24-13-17)27-10-7-16(8-11-27)20-14-25-21-6-2-1-5-19(20)21/h1-6,9,13-16,25H,7-8,10-12H2. The number of aromatic nitrogens is 3. The summed E-state index contributed by atoms with van der Waals surface area (Å²) in [4.78, 5) is 26.9. The van der Waals surface area contributed by atoms with Crippen LogP contribution in [0.1, 0.15) is 30.0 Å². The van der Waals surface area contributed by atoms with Crippen molar-refractivity contribution in [3.8, 4) is 10.6 Å². The monoisotopic (exact) mass is 402 g/mol. The van der Waals surface area contributed by atoms with Gasteiger partial charge in [0.1, 0.15) is 5.01 Å². The zero-order valence-corrected chi connectivity index (χ0v) is 16.9. The first kappa shape index (κ1) is 18.1. The van der Waals surface area contributed by atoms with Crippen LogP contribution in [0.15, 0.2) is 60.4 Å². The number of carbonyl (C=O) groups is 1. The molecule has 0 saturated carbocycles. The van der Waals surface area contributed by atoms with Gasteiger partial charge in [0.05, 0.1) is 12.1 Å². The average Bonchev–Trinajstić information content (AvgIpc) is 3.42. The highest BCUT2D eigenvalue weighted by atomic mass is 32.1. The van der Waals surface area contributed by atoms with Crippen LogP contribution in [-0.4, -0.2) is 38.8 Å². The smallest absolute Gasteiger partial charge is 0.228 e. The predicted molar refractivity (Wildman–Crippen MR) is 116 cm³/mol. The number of nitrogens with one attached hydrogen (secondary N) is 1. The summed E-state index contributed by atoms with van der Waals surface area (Å²) < 4.78 is 0. The summed E-state index contributed by atoms with van der Waals surface area (Å²) in [6, 6.07) is 12.3. The molecule has 1 amide bonds. The summed E-state index contributed by atoms with van der Waals surface area (Å²) in [5.41, 5.74) is 4.41. The Morgan fingerprint density at radius 1 is 1.17 bits per heavy atom. The molecule has 0 atom stereocenters. The van der Waals surface area contributed by atoms with Crippen molar-refractivity contribution in [2.24, 2.45) is 0 Å². The second-order valence-corrected chi connectivity index (χ2v) is 8.37. The lowest BCUT2D eigenvalue weighted by atomic mass is 9.89. The fraction of sp³-hybridized carbons (Fsp3) is 0.261. The van der Waals surface area contributed by atoms with Crippen LogP contribution in [0.25, 0.3) is 21.5 Å². The van der Waals surface area contributed by atoms with Gasteiger partial charge in [-0.3, -0.25) is 9.78 Å². The van der Waals surface area contributed by atoms with Crippen molar-refractivity contribution in [2.45, 2.75) is 25.2 Å². The molecule has 6 heteroatoms. The molecule has 3 aromatic heterocycles. The van der Waals surface area contributed by atoms with E-state index in [4.69, 9.17) is 0 Å². The van der Waals surface area contributed by atoms with Gasteiger partial charge in [0.25, 0.3) is 0 Å². The molecule has 0 unspecified atom stereocenters. The van der Waals surface area contributed by atoms with Crippen molar-refractivity contribution in [3.05, 3.63) is 71.6 Å². The molecule has 4 heterocycles. The number of fused-ring (bicyclic) bond motifs is 1. The zero-order valence-electron chi connectivity index (χ0n) is 16.0. The molecule has 5 nitrogen and oxygen atoms in total. The van der Waals surface area contributed by atoms with Crippen molar-refractivity contribution in [1.29, 1.82) is 0 Å². The topological polar surface area (TPSA) is 61.9 Å². The third-order valence-corrected chi connectivity index (χ3v) is 6.64. The largest absolute Gasteiger partial charge is 0.361 e. The van der Waals surface area contributed by atoms with Crippen LogP contribution in [0.2, 0.25) is 0 Å². The molecule has 0 spiro atoms. The van der Waals surface area contributed by atoms with Crippen LogP contribution in [0.5, 0.6) is 0 Å². The fourth-order valence-electron chi connectivity index (χ4n) is 4.15. The fourth-order valence-corrected chi connectivity index (χ4v) is 4.96. The molecular weight excluding hydrogens is 380 g/mol. The first-order valence-corrected chi connectivity index (χ1v) is 10.8. The molecule has 0 radical (unpaired) electrons. The SMILES string of the molecule is O=C(Cc1csc(-c2cccnc2)n1)N1CCC(c2c[nH]c3ccccc23)CC1. The van der Waals surface area contributed by atoms with Crippen LogP contribution in [0.4, 0.5) is 0 Å². The number of pyridine rings is 1. The average molecular weight is 403 g/mol. The van der Waals surface area contributed by atoms with Gasteiger partial charge in [-0.1, -0.05) is 18.2 Å². The Morgan fingerprint density at radius 2 is 2.03 bits per heavy atom. The van der Waals surface area contributed by atoms with Gasteiger partial charge in [0, 0.05) is 53.5 Å². The minimum atomic E-state index is 0.172. The Labute approximate surface area is 173 Å². The molecule has 146 valence electrons. The number of thiazole rings is 1. The maximum absolute atomic E-state index is 12.8. The maximum Gasteiger partial charge on any atom is 0.228 e. The van der Waals surface area contributed by atoms with E-state index in [1.165, 1.54) is 16.5 Å². The summed E-state index contributed by atoms with van der Waals surface area (Å²) in [6.45, 7) is 1.62. The zero-order chi connectivity index (χ0) is 19.6. The second kappa shape index (κ2) is 7.79. The first-order chi connectivity index (χ1) is 14.3. The van der Waals surface area contributed by atoms with E-state index in [2.05, 4.69) is 45.4 Å². The van der Waals surface area contributed by atoms with E-state index in [0.29, 0.717) is 12.3 Å². The van der Waals surface area contributed by atoms with E-state index < -0.39 is 0 Å². The minimum Gasteiger partial charge on any atom is -0.361 e.